The number of nitrogens with two attached hydrogens (primary N) is 2. The van der Waals surface area contributed by atoms with E-state index in [2.05, 4.69) is 33.9 Å². The quantitative estimate of drug-likeness (QED) is 0.0768. The minimum atomic E-state index is -1.63. The van der Waals surface area contributed by atoms with E-state index in [0.29, 0.717) is 18.8 Å². The Hall–Kier alpha value is -3.89. The van der Waals surface area contributed by atoms with Gasteiger partial charge in [-0.15, -0.1) is 0 Å². The molecule has 1 aromatic carbocycles. The van der Waals surface area contributed by atoms with Gasteiger partial charge in [-0.3, -0.25) is 24.0 Å². The predicted molar refractivity (Wildman–Crippen MR) is 163 cm³/mol. The van der Waals surface area contributed by atoms with Gasteiger partial charge in [-0.2, -0.15) is 12.6 Å². The molecule has 10 N–H and O–H groups in total. The molecule has 1 aromatic rings. The fourth-order valence-corrected chi connectivity index (χ4v) is 4.22. The molecule has 15 nitrogen and oxygen atoms in total. The number of carboxylic acid groups (broad SMARTS) is 1. The van der Waals surface area contributed by atoms with Crippen molar-refractivity contribution in [1.82, 2.24) is 21.3 Å². The predicted octanol–water partition coefficient (Wildman–Crippen LogP) is -1.79. The molecule has 0 bridgehead atoms. The number of ether oxygens (including phenoxy) is 1. The number of aliphatic hydroxyl groups is 1. The number of hydrogen-bond acceptors (Lipinski definition) is 10. The average Bonchev–Trinajstić information content (AvgIpc) is 2.96. The summed E-state index contributed by atoms with van der Waals surface area (Å²) in [6, 6.07) is 0.213. The van der Waals surface area contributed by atoms with Crippen molar-refractivity contribution in [1.29, 1.82) is 0 Å². The van der Waals surface area contributed by atoms with E-state index >= 15 is 0 Å². The van der Waals surface area contributed by atoms with Gasteiger partial charge in [0, 0.05) is 5.75 Å². The molecule has 0 unspecified atom stereocenters. The van der Waals surface area contributed by atoms with E-state index in [0.717, 1.165) is 5.56 Å². The summed E-state index contributed by atoms with van der Waals surface area (Å²) in [6.07, 6.45) is -1.56. The Morgan fingerprint density at radius 1 is 0.864 bits per heavy atom. The fourth-order valence-electron chi connectivity index (χ4n) is 3.98. The summed E-state index contributed by atoms with van der Waals surface area (Å²) in [6.45, 7) is 7.06. The van der Waals surface area contributed by atoms with Crippen molar-refractivity contribution in [2.24, 2.45) is 17.4 Å². The summed E-state index contributed by atoms with van der Waals surface area (Å²) < 4.78 is 5.41. The average molecular weight is 641 g/mol. The second-order valence-corrected chi connectivity index (χ2v) is 10.7. The van der Waals surface area contributed by atoms with Crippen molar-refractivity contribution >= 4 is 48.1 Å². The lowest BCUT2D eigenvalue weighted by atomic mass is 9.96. The lowest BCUT2D eigenvalue weighted by Gasteiger charge is -2.29. The lowest BCUT2D eigenvalue weighted by molar-refractivity contribution is -0.142. The van der Waals surface area contributed by atoms with Gasteiger partial charge in [0.1, 0.15) is 29.9 Å². The Kier molecular flexibility index (Phi) is 16.2. The second-order valence-electron chi connectivity index (χ2n) is 10.3. The minimum Gasteiger partial charge on any atom is -0.494 e. The number of benzene rings is 1. The normalized spacial score (nSPS) is 15.7. The van der Waals surface area contributed by atoms with E-state index in [-0.39, 0.29) is 12.2 Å². The highest BCUT2D eigenvalue weighted by Crippen LogP contribution is 2.14. The Morgan fingerprint density at radius 3 is 1.89 bits per heavy atom. The maximum Gasteiger partial charge on any atom is 0.327 e. The van der Waals surface area contributed by atoms with Gasteiger partial charge in [-0.25, -0.2) is 4.79 Å². The zero-order valence-corrected chi connectivity index (χ0v) is 26.1. The van der Waals surface area contributed by atoms with Crippen LogP contribution in [0.4, 0.5) is 0 Å². The summed E-state index contributed by atoms with van der Waals surface area (Å²) >= 11 is 3.85. The molecule has 5 amide bonds. The molecule has 246 valence electrons. The zero-order valence-electron chi connectivity index (χ0n) is 25.2. The molecule has 0 fully saturated rings. The summed E-state index contributed by atoms with van der Waals surface area (Å²) in [5, 5.41) is 28.9. The van der Waals surface area contributed by atoms with E-state index in [4.69, 9.17) is 16.2 Å². The summed E-state index contributed by atoms with van der Waals surface area (Å²) in [5.41, 5.74) is 12.1. The van der Waals surface area contributed by atoms with Crippen LogP contribution in [0.5, 0.6) is 5.75 Å². The Morgan fingerprint density at radius 2 is 1.41 bits per heavy atom. The molecular weight excluding hydrogens is 596 g/mol. The van der Waals surface area contributed by atoms with E-state index in [1.807, 2.05) is 6.92 Å². The van der Waals surface area contributed by atoms with Crippen LogP contribution in [0.25, 0.3) is 0 Å². The third-order valence-corrected chi connectivity index (χ3v) is 7.08. The van der Waals surface area contributed by atoms with Gasteiger partial charge in [0.25, 0.3) is 0 Å². The molecule has 7 atom stereocenters. The highest BCUT2D eigenvalue weighted by molar-refractivity contribution is 7.80. The molecule has 16 heteroatoms. The summed E-state index contributed by atoms with van der Waals surface area (Å²) in [5.74, 6) is -5.94. The lowest BCUT2D eigenvalue weighted by Crippen LogP contribution is -2.62. The first-order chi connectivity index (χ1) is 20.6. The highest BCUT2D eigenvalue weighted by atomic mass is 32.1. The first-order valence-electron chi connectivity index (χ1n) is 14.1. The topological polar surface area (TPSA) is 252 Å². The van der Waals surface area contributed by atoms with Crippen LogP contribution in [0.2, 0.25) is 0 Å². The number of carboxylic acids is 1. The number of amides is 5. The number of nitrogens with one attached hydrogen (secondary N) is 4. The monoisotopic (exact) mass is 640 g/mol. The third kappa shape index (κ3) is 12.4. The maximum atomic E-state index is 13.3. The van der Waals surface area contributed by atoms with E-state index in [1.165, 1.54) is 6.92 Å². The van der Waals surface area contributed by atoms with Gasteiger partial charge in [-0.05, 0) is 43.9 Å². The largest absolute Gasteiger partial charge is 0.494 e. The van der Waals surface area contributed by atoms with E-state index in [9.17, 15) is 39.0 Å². The van der Waals surface area contributed by atoms with Crippen LogP contribution in [0.3, 0.4) is 0 Å². The van der Waals surface area contributed by atoms with Gasteiger partial charge in [0.15, 0.2) is 0 Å². The molecule has 0 aliphatic carbocycles. The highest BCUT2D eigenvalue weighted by Gasteiger charge is 2.35. The number of carbonyl (C=O) groups is 6. The molecule has 0 aliphatic rings. The number of primary amides is 1. The fraction of sp³-hybridized carbons (Fsp3) is 0.571. The Bertz CT molecular complexity index is 1150. The van der Waals surface area contributed by atoms with Crippen LogP contribution in [0, 0.1) is 5.92 Å². The minimum absolute atomic E-state index is 0.172. The zero-order chi connectivity index (χ0) is 33.6. The third-order valence-electron chi connectivity index (χ3n) is 6.72. The summed E-state index contributed by atoms with van der Waals surface area (Å²) in [7, 11) is 0. The Labute approximate surface area is 261 Å². The van der Waals surface area contributed by atoms with Crippen LogP contribution < -0.4 is 37.5 Å². The van der Waals surface area contributed by atoms with Crippen LogP contribution in [0.1, 0.15) is 46.1 Å². The molecule has 0 aromatic heterocycles. The van der Waals surface area contributed by atoms with Crippen molar-refractivity contribution < 1.29 is 43.7 Å². The van der Waals surface area contributed by atoms with Gasteiger partial charge in [0.05, 0.1) is 25.2 Å². The number of carbonyl (C=O) groups excluding carboxylic acids is 5. The molecule has 0 heterocycles. The smallest absolute Gasteiger partial charge is 0.327 e. The maximum absolute atomic E-state index is 13.3. The van der Waals surface area contributed by atoms with Crippen LogP contribution in [-0.2, 0) is 35.2 Å². The van der Waals surface area contributed by atoms with Gasteiger partial charge >= 0.3 is 5.97 Å². The van der Waals surface area contributed by atoms with Crippen LogP contribution in [0.15, 0.2) is 24.3 Å². The van der Waals surface area contributed by atoms with E-state index in [1.54, 1.807) is 38.1 Å². The van der Waals surface area contributed by atoms with Crippen molar-refractivity contribution in [3.05, 3.63) is 29.8 Å². The first kappa shape index (κ1) is 38.1. The van der Waals surface area contributed by atoms with Crippen molar-refractivity contribution in [3.63, 3.8) is 0 Å². The van der Waals surface area contributed by atoms with Crippen molar-refractivity contribution in [2.75, 3.05) is 12.4 Å². The first-order valence-corrected chi connectivity index (χ1v) is 14.8. The molecule has 0 saturated heterocycles. The van der Waals surface area contributed by atoms with Crippen molar-refractivity contribution in [3.8, 4) is 5.75 Å². The SMILES string of the molecule is CCOc1ccc(C[C@@H](N)C(=O)N[C@H](C(=O)N[C@H](C(=O)N[C@@H](CC(N)=O)C(=O)N[C@@H](CS)C(=O)O)[C@@H](C)O)[C@@H](C)CC)cc1. The van der Waals surface area contributed by atoms with Crippen molar-refractivity contribution in [2.45, 2.75) is 83.3 Å². The van der Waals surface area contributed by atoms with Gasteiger partial charge < -0.3 is 47.7 Å². The molecule has 0 saturated carbocycles. The van der Waals surface area contributed by atoms with Crippen LogP contribution >= 0.6 is 12.6 Å². The Balaban J connectivity index is 3.04. The number of thiol groups is 1. The second kappa shape index (κ2) is 18.7. The van der Waals surface area contributed by atoms with Gasteiger partial charge in [-0.1, -0.05) is 32.4 Å². The molecular formula is C28H44N6O9S. The van der Waals surface area contributed by atoms with E-state index < -0.39 is 84.2 Å². The molecule has 44 heavy (non-hydrogen) atoms. The molecule has 0 spiro atoms. The van der Waals surface area contributed by atoms with Crippen LogP contribution in [-0.4, -0.2) is 94.4 Å². The standard InChI is InChI=1S/C28H44N6O9S/c1-5-14(3)22(33-24(37)18(29)11-16-7-9-17(10-8-16)43-6-2)26(39)34-23(15(4)35)27(40)31-19(12-21(30)36)25(38)32-20(13-44)28(41)42/h7-10,14-15,18-20,22-23,35,44H,5-6,11-13,29H2,1-4H3,(H2,30,36)(H,31,40)(H,32,38)(H,33,37)(H,34,39)(H,41,42)/t14-,15+,18+,19-,20-,22-,23-/m0/s1. The summed E-state index contributed by atoms with van der Waals surface area (Å²) in [4.78, 5) is 74.9. The number of aliphatic carboxylic acids is 1. The number of hydrogen-bond donors (Lipinski definition) is 9. The molecule has 0 radical (unpaired) electrons. The number of rotatable bonds is 19. The van der Waals surface area contributed by atoms with Gasteiger partial charge in [0.2, 0.25) is 29.5 Å². The number of aliphatic hydroxyl groups excluding tert-OH is 1. The molecule has 1 rings (SSSR count). The molecule has 0 aliphatic heterocycles.